The first-order chi connectivity index (χ1) is 10.0. The molecule has 0 fully saturated rings. The smallest absolute Gasteiger partial charge is 0.226 e. The van der Waals surface area contributed by atoms with Crippen LogP contribution >= 0.6 is 11.3 Å². The molecule has 0 spiro atoms. The van der Waals surface area contributed by atoms with Crippen LogP contribution < -0.4 is 10.1 Å². The molecule has 2 aromatic rings. The van der Waals surface area contributed by atoms with E-state index in [0.29, 0.717) is 11.6 Å². The molecule has 0 aliphatic rings. The molecule has 2 rings (SSSR count). The van der Waals surface area contributed by atoms with Crippen molar-refractivity contribution >= 4 is 22.4 Å². The summed E-state index contributed by atoms with van der Waals surface area (Å²) >= 11 is 1.50. The number of anilines is 1. The molecule has 0 aliphatic carbocycles. The molecule has 21 heavy (non-hydrogen) atoms. The van der Waals surface area contributed by atoms with Crippen molar-refractivity contribution in [1.82, 2.24) is 4.98 Å². The van der Waals surface area contributed by atoms with Crippen molar-refractivity contribution in [2.45, 2.75) is 33.6 Å². The van der Waals surface area contributed by atoms with Crippen molar-refractivity contribution in [3.05, 3.63) is 28.6 Å². The van der Waals surface area contributed by atoms with E-state index in [1.165, 1.54) is 11.3 Å². The number of methoxy groups -OCH3 is 1. The summed E-state index contributed by atoms with van der Waals surface area (Å²) in [5.41, 5.74) is 3.02. The van der Waals surface area contributed by atoms with Gasteiger partial charge < -0.3 is 10.1 Å². The maximum absolute atomic E-state index is 11.6. The zero-order valence-corrected chi connectivity index (χ0v) is 13.6. The number of rotatable bonds is 5. The van der Waals surface area contributed by atoms with Gasteiger partial charge >= 0.3 is 0 Å². The van der Waals surface area contributed by atoms with Crippen LogP contribution in [0.5, 0.6) is 5.75 Å². The van der Waals surface area contributed by atoms with Crippen LogP contribution in [0.4, 0.5) is 5.13 Å². The standard InChI is InChI=1S/C16H20N2O2S/c1-5-6-14(19)17-16-18-15(11(3)21-16)12-7-8-13(20-4)10(2)9-12/h7-9H,5-6H2,1-4H3,(H,17,18,19). The minimum Gasteiger partial charge on any atom is -0.496 e. The molecule has 0 saturated heterocycles. The Bertz CT molecular complexity index is 650. The van der Waals surface area contributed by atoms with Crippen molar-refractivity contribution in [2.75, 3.05) is 12.4 Å². The van der Waals surface area contributed by atoms with E-state index in [1.54, 1.807) is 7.11 Å². The maximum Gasteiger partial charge on any atom is 0.226 e. The number of aryl methyl sites for hydroxylation is 2. The van der Waals surface area contributed by atoms with Crippen LogP contribution in [-0.4, -0.2) is 18.0 Å². The van der Waals surface area contributed by atoms with Gasteiger partial charge in [-0.2, -0.15) is 0 Å². The number of benzene rings is 1. The highest BCUT2D eigenvalue weighted by Gasteiger charge is 2.12. The molecule has 0 unspecified atom stereocenters. The second-order valence-electron chi connectivity index (χ2n) is 4.91. The molecule has 1 heterocycles. The molecule has 1 amide bonds. The second-order valence-corrected chi connectivity index (χ2v) is 6.11. The molecule has 1 aromatic heterocycles. The molecule has 0 atom stereocenters. The largest absolute Gasteiger partial charge is 0.496 e. The first kappa shape index (κ1) is 15.5. The van der Waals surface area contributed by atoms with Gasteiger partial charge in [0.25, 0.3) is 0 Å². The summed E-state index contributed by atoms with van der Waals surface area (Å²) in [6.07, 6.45) is 1.36. The molecule has 4 nitrogen and oxygen atoms in total. The monoisotopic (exact) mass is 304 g/mol. The zero-order chi connectivity index (χ0) is 15.4. The van der Waals surface area contributed by atoms with E-state index < -0.39 is 0 Å². The first-order valence-corrected chi connectivity index (χ1v) is 7.79. The Morgan fingerprint density at radius 1 is 1.38 bits per heavy atom. The highest BCUT2D eigenvalue weighted by Crippen LogP contribution is 2.32. The Morgan fingerprint density at radius 3 is 2.76 bits per heavy atom. The van der Waals surface area contributed by atoms with Gasteiger partial charge in [-0.05, 0) is 44.0 Å². The molecule has 0 saturated carbocycles. The Balaban J connectivity index is 2.26. The van der Waals surface area contributed by atoms with Crippen LogP contribution in [0.1, 0.15) is 30.2 Å². The van der Waals surface area contributed by atoms with Crippen LogP contribution in [0.2, 0.25) is 0 Å². The predicted octanol–water partition coefficient (Wildman–Crippen LogP) is 4.17. The SMILES string of the molecule is CCCC(=O)Nc1nc(-c2ccc(OC)c(C)c2)c(C)s1. The summed E-state index contributed by atoms with van der Waals surface area (Å²) < 4.78 is 5.28. The minimum atomic E-state index is 0.0173. The first-order valence-electron chi connectivity index (χ1n) is 6.97. The van der Waals surface area contributed by atoms with Gasteiger partial charge in [-0.1, -0.05) is 6.92 Å². The predicted molar refractivity (Wildman–Crippen MR) is 87.1 cm³/mol. The van der Waals surface area contributed by atoms with Crippen molar-refractivity contribution in [3.8, 4) is 17.0 Å². The number of thiazole rings is 1. The Labute approximate surface area is 129 Å². The second kappa shape index (κ2) is 6.72. The van der Waals surface area contributed by atoms with Gasteiger partial charge in [0, 0.05) is 16.9 Å². The van der Waals surface area contributed by atoms with Crippen LogP contribution in [0.25, 0.3) is 11.3 Å². The third-order valence-corrected chi connectivity index (χ3v) is 4.07. The molecule has 1 aromatic carbocycles. The molecule has 0 aliphatic heterocycles. The molecular weight excluding hydrogens is 284 g/mol. The van der Waals surface area contributed by atoms with Crippen LogP contribution in [-0.2, 0) is 4.79 Å². The summed E-state index contributed by atoms with van der Waals surface area (Å²) in [6.45, 7) is 6.01. The molecule has 0 bridgehead atoms. The highest BCUT2D eigenvalue weighted by molar-refractivity contribution is 7.16. The Kier molecular flexibility index (Phi) is 4.96. The number of aromatic nitrogens is 1. The number of hydrogen-bond acceptors (Lipinski definition) is 4. The van der Waals surface area contributed by atoms with E-state index >= 15 is 0 Å². The average Bonchev–Trinajstić information content (AvgIpc) is 2.79. The summed E-state index contributed by atoms with van der Waals surface area (Å²) in [6, 6.07) is 5.99. The summed E-state index contributed by atoms with van der Waals surface area (Å²) in [7, 11) is 1.66. The number of nitrogens with one attached hydrogen (secondary N) is 1. The third kappa shape index (κ3) is 3.61. The van der Waals surface area contributed by atoms with Gasteiger partial charge in [0.1, 0.15) is 5.75 Å². The summed E-state index contributed by atoms with van der Waals surface area (Å²) in [4.78, 5) is 17.3. The lowest BCUT2D eigenvalue weighted by Gasteiger charge is -2.06. The topological polar surface area (TPSA) is 51.2 Å². The van der Waals surface area contributed by atoms with Crippen LogP contribution in [0.15, 0.2) is 18.2 Å². The summed E-state index contributed by atoms with van der Waals surface area (Å²) in [5, 5.41) is 3.52. The number of carbonyl (C=O) groups excluding carboxylic acids is 1. The number of ether oxygens (including phenoxy) is 1. The molecule has 0 radical (unpaired) electrons. The molecule has 112 valence electrons. The van der Waals surface area contributed by atoms with E-state index in [4.69, 9.17) is 4.74 Å². The van der Waals surface area contributed by atoms with Crippen molar-refractivity contribution in [3.63, 3.8) is 0 Å². The fourth-order valence-corrected chi connectivity index (χ4v) is 3.00. The average molecular weight is 304 g/mol. The van der Waals surface area contributed by atoms with E-state index in [1.807, 2.05) is 32.9 Å². The fourth-order valence-electron chi connectivity index (χ4n) is 2.15. The van der Waals surface area contributed by atoms with E-state index in [9.17, 15) is 4.79 Å². The van der Waals surface area contributed by atoms with Crippen molar-refractivity contribution in [1.29, 1.82) is 0 Å². The maximum atomic E-state index is 11.6. The lowest BCUT2D eigenvalue weighted by Crippen LogP contribution is -2.10. The Morgan fingerprint density at radius 2 is 2.14 bits per heavy atom. The molecular formula is C16H20N2O2S. The fraction of sp³-hybridized carbons (Fsp3) is 0.375. The highest BCUT2D eigenvalue weighted by atomic mass is 32.1. The summed E-state index contributed by atoms with van der Waals surface area (Å²) in [5.74, 6) is 0.881. The van der Waals surface area contributed by atoms with E-state index in [-0.39, 0.29) is 5.91 Å². The van der Waals surface area contributed by atoms with Crippen molar-refractivity contribution < 1.29 is 9.53 Å². The van der Waals surface area contributed by atoms with Gasteiger partial charge in [0.2, 0.25) is 5.91 Å². The zero-order valence-electron chi connectivity index (χ0n) is 12.8. The lowest BCUT2D eigenvalue weighted by atomic mass is 10.1. The normalized spacial score (nSPS) is 10.5. The van der Waals surface area contributed by atoms with Gasteiger partial charge in [0.05, 0.1) is 12.8 Å². The van der Waals surface area contributed by atoms with Gasteiger partial charge in [-0.3, -0.25) is 4.79 Å². The molecule has 1 N–H and O–H groups in total. The van der Waals surface area contributed by atoms with Crippen molar-refractivity contribution in [2.24, 2.45) is 0 Å². The quantitative estimate of drug-likeness (QED) is 0.901. The van der Waals surface area contributed by atoms with Gasteiger partial charge in [-0.15, -0.1) is 11.3 Å². The Hall–Kier alpha value is -1.88. The minimum absolute atomic E-state index is 0.0173. The van der Waals surface area contributed by atoms with E-state index in [0.717, 1.165) is 33.9 Å². The van der Waals surface area contributed by atoms with Crippen LogP contribution in [0, 0.1) is 13.8 Å². The van der Waals surface area contributed by atoms with Crippen LogP contribution in [0.3, 0.4) is 0 Å². The third-order valence-electron chi connectivity index (χ3n) is 3.19. The van der Waals surface area contributed by atoms with Gasteiger partial charge in [-0.25, -0.2) is 4.98 Å². The number of carbonyl (C=O) groups is 1. The number of nitrogens with zero attached hydrogens (tertiary/aromatic N) is 1. The molecule has 5 heteroatoms. The van der Waals surface area contributed by atoms with E-state index in [2.05, 4.69) is 16.4 Å². The number of amides is 1. The van der Waals surface area contributed by atoms with Gasteiger partial charge in [0.15, 0.2) is 5.13 Å². The number of hydrogen-bond donors (Lipinski definition) is 1. The lowest BCUT2D eigenvalue weighted by molar-refractivity contribution is -0.116.